The van der Waals surface area contributed by atoms with Gasteiger partial charge in [-0.2, -0.15) is 4.99 Å². The second kappa shape index (κ2) is 4.24. The first-order valence-electron chi connectivity index (χ1n) is 3.99. The van der Waals surface area contributed by atoms with Gasteiger partial charge in [-0.05, 0) is 12.2 Å². The minimum atomic E-state index is 0.652. The summed E-state index contributed by atoms with van der Waals surface area (Å²) in [5.74, 6) is 0. The van der Waals surface area contributed by atoms with Crippen molar-refractivity contribution in [2.45, 2.75) is 0 Å². The van der Waals surface area contributed by atoms with Gasteiger partial charge in [0, 0.05) is 10.9 Å². The Bertz CT molecular complexity index is 470. The van der Waals surface area contributed by atoms with Gasteiger partial charge in [-0.15, -0.1) is 11.3 Å². The lowest BCUT2D eigenvalue weighted by atomic mass is 10.2. The number of aliphatic imine (C=N–C) groups is 1. The Kier molecular flexibility index (Phi) is 2.79. The number of nitrogens with zero attached hydrogens (tertiary/aromatic N) is 2. The molecule has 0 spiro atoms. The molecule has 0 aliphatic rings. The molecule has 0 amide bonds. The van der Waals surface area contributed by atoms with Crippen molar-refractivity contribution in [2.75, 3.05) is 0 Å². The van der Waals surface area contributed by atoms with Crippen LogP contribution in [0.5, 0.6) is 0 Å². The Hall–Kier alpha value is -1.35. The zero-order valence-corrected chi connectivity index (χ0v) is 8.81. The lowest BCUT2D eigenvalue weighted by Gasteiger charge is -1.92. The highest BCUT2D eigenvalue weighted by molar-refractivity contribution is 7.78. The van der Waals surface area contributed by atoms with Gasteiger partial charge in [0.05, 0.1) is 10.9 Å². The average Bonchev–Trinajstić information content (AvgIpc) is 2.68. The second-order valence-electron chi connectivity index (χ2n) is 2.58. The number of benzene rings is 1. The molecule has 14 heavy (non-hydrogen) atoms. The summed E-state index contributed by atoms with van der Waals surface area (Å²) in [4.78, 5) is 8.12. The number of rotatable bonds is 2. The smallest absolute Gasteiger partial charge is 0.218 e. The monoisotopic (exact) mass is 218 g/mol. The van der Waals surface area contributed by atoms with Crippen LogP contribution in [-0.4, -0.2) is 10.1 Å². The molecular weight excluding hydrogens is 212 g/mol. The standard InChI is InChI=1S/C10H6N2S2/c13-7-11-10-12-9(6-14-10)8-4-2-1-3-5-8/h1-6H. The summed E-state index contributed by atoms with van der Waals surface area (Å²) >= 11 is 5.97. The largest absolute Gasteiger partial charge is 0.218 e. The SMILES string of the molecule is S=C=Nc1nc(-c2ccccc2)cs1. The first-order chi connectivity index (χ1) is 6.90. The van der Waals surface area contributed by atoms with E-state index in [0.29, 0.717) is 5.13 Å². The molecular formula is C10H6N2S2. The molecule has 4 heteroatoms. The lowest BCUT2D eigenvalue weighted by Crippen LogP contribution is -1.74. The molecule has 1 aromatic heterocycles. The summed E-state index contributed by atoms with van der Waals surface area (Å²) in [6.45, 7) is 0. The molecule has 0 radical (unpaired) electrons. The van der Waals surface area contributed by atoms with Crippen LogP contribution in [0.15, 0.2) is 40.7 Å². The molecule has 0 aliphatic carbocycles. The molecule has 2 rings (SSSR count). The minimum Gasteiger partial charge on any atom is -0.218 e. The first-order valence-corrected chi connectivity index (χ1v) is 5.28. The lowest BCUT2D eigenvalue weighted by molar-refractivity contribution is 1.36. The van der Waals surface area contributed by atoms with Crippen LogP contribution in [0, 0.1) is 0 Å². The molecule has 2 nitrogen and oxygen atoms in total. The van der Waals surface area contributed by atoms with E-state index in [1.807, 2.05) is 35.7 Å². The van der Waals surface area contributed by atoms with Gasteiger partial charge in [0.2, 0.25) is 5.13 Å². The number of isothiocyanates is 1. The third kappa shape index (κ3) is 1.93. The zero-order valence-electron chi connectivity index (χ0n) is 7.18. The Balaban J connectivity index is 2.39. The Labute approximate surface area is 91.0 Å². The normalized spacial score (nSPS) is 9.43. The number of hydrogen-bond donors (Lipinski definition) is 0. The highest BCUT2D eigenvalue weighted by atomic mass is 32.1. The molecule has 0 atom stereocenters. The average molecular weight is 218 g/mol. The topological polar surface area (TPSA) is 25.2 Å². The van der Waals surface area contributed by atoms with Gasteiger partial charge >= 0.3 is 0 Å². The van der Waals surface area contributed by atoms with Crippen LogP contribution >= 0.6 is 23.6 Å². The van der Waals surface area contributed by atoms with Crippen LogP contribution in [0.25, 0.3) is 11.3 Å². The minimum absolute atomic E-state index is 0.652. The van der Waals surface area contributed by atoms with Gasteiger partial charge in [0.25, 0.3) is 0 Å². The molecule has 2 aromatic rings. The van der Waals surface area contributed by atoms with Gasteiger partial charge in [0.15, 0.2) is 0 Å². The van der Waals surface area contributed by atoms with Crippen LogP contribution in [0.4, 0.5) is 5.13 Å². The third-order valence-electron chi connectivity index (χ3n) is 1.70. The summed E-state index contributed by atoms with van der Waals surface area (Å²) < 4.78 is 0. The van der Waals surface area contributed by atoms with Crippen molar-refractivity contribution in [1.82, 2.24) is 4.98 Å². The summed E-state index contributed by atoms with van der Waals surface area (Å²) in [6, 6.07) is 9.97. The zero-order chi connectivity index (χ0) is 9.80. The van der Waals surface area contributed by atoms with E-state index in [1.165, 1.54) is 11.3 Å². The van der Waals surface area contributed by atoms with E-state index in [0.717, 1.165) is 11.3 Å². The van der Waals surface area contributed by atoms with Gasteiger partial charge in [-0.1, -0.05) is 30.3 Å². The van der Waals surface area contributed by atoms with E-state index >= 15 is 0 Å². The predicted octanol–water partition coefficient (Wildman–Crippen LogP) is 3.54. The molecule has 0 N–H and O–H groups in total. The third-order valence-corrected chi connectivity index (χ3v) is 2.53. The number of hydrogen-bond acceptors (Lipinski definition) is 4. The number of thiazole rings is 1. The van der Waals surface area contributed by atoms with E-state index in [-0.39, 0.29) is 0 Å². The molecule has 1 heterocycles. The predicted molar refractivity (Wildman–Crippen MR) is 62.2 cm³/mol. The molecule has 0 saturated heterocycles. The van der Waals surface area contributed by atoms with Crippen molar-refractivity contribution in [2.24, 2.45) is 4.99 Å². The molecule has 0 saturated carbocycles. The maximum Gasteiger partial charge on any atom is 0.218 e. The summed E-state index contributed by atoms with van der Waals surface area (Å²) in [6.07, 6.45) is 0. The maximum absolute atomic E-state index is 4.51. The van der Waals surface area contributed by atoms with Gasteiger partial charge in [0.1, 0.15) is 0 Å². The highest BCUT2D eigenvalue weighted by Crippen LogP contribution is 2.25. The van der Waals surface area contributed by atoms with E-state index in [1.54, 1.807) is 0 Å². The van der Waals surface area contributed by atoms with E-state index in [4.69, 9.17) is 0 Å². The van der Waals surface area contributed by atoms with E-state index in [9.17, 15) is 0 Å². The summed E-state index contributed by atoms with van der Waals surface area (Å²) in [5.41, 5.74) is 2.02. The fourth-order valence-electron chi connectivity index (χ4n) is 1.10. The summed E-state index contributed by atoms with van der Waals surface area (Å²) in [7, 11) is 0. The van der Waals surface area contributed by atoms with Crippen LogP contribution in [0.3, 0.4) is 0 Å². The molecule has 68 valence electrons. The van der Waals surface area contributed by atoms with Crippen LogP contribution in [-0.2, 0) is 0 Å². The van der Waals surface area contributed by atoms with Crippen molar-refractivity contribution in [1.29, 1.82) is 0 Å². The molecule has 0 aliphatic heterocycles. The Morgan fingerprint density at radius 3 is 2.79 bits per heavy atom. The van der Waals surface area contributed by atoms with Crippen molar-refractivity contribution in [3.05, 3.63) is 35.7 Å². The maximum atomic E-state index is 4.51. The van der Waals surface area contributed by atoms with Crippen LogP contribution in [0.1, 0.15) is 0 Å². The van der Waals surface area contributed by atoms with Crippen molar-refractivity contribution >= 4 is 33.8 Å². The van der Waals surface area contributed by atoms with Crippen LogP contribution < -0.4 is 0 Å². The summed E-state index contributed by atoms with van der Waals surface area (Å²) in [5, 5.41) is 4.92. The number of aromatic nitrogens is 1. The Morgan fingerprint density at radius 1 is 1.29 bits per heavy atom. The fourth-order valence-corrected chi connectivity index (χ4v) is 1.90. The van der Waals surface area contributed by atoms with Crippen molar-refractivity contribution in [3.8, 4) is 11.3 Å². The molecule has 0 unspecified atom stereocenters. The van der Waals surface area contributed by atoms with Crippen LogP contribution in [0.2, 0.25) is 0 Å². The first kappa shape index (κ1) is 9.21. The molecule has 0 fully saturated rings. The van der Waals surface area contributed by atoms with E-state index in [2.05, 4.69) is 27.4 Å². The second-order valence-corrected chi connectivity index (χ2v) is 3.60. The highest BCUT2D eigenvalue weighted by Gasteiger charge is 2.01. The molecule has 0 bridgehead atoms. The number of thiocarbonyl (C=S) groups is 1. The fraction of sp³-hybridized carbons (Fsp3) is 0. The molecule has 1 aromatic carbocycles. The van der Waals surface area contributed by atoms with Gasteiger partial charge in [-0.3, -0.25) is 0 Å². The van der Waals surface area contributed by atoms with E-state index < -0.39 is 0 Å². The van der Waals surface area contributed by atoms with Crippen molar-refractivity contribution < 1.29 is 0 Å². The van der Waals surface area contributed by atoms with Gasteiger partial charge < -0.3 is 0 Å². The van der Waals surface area contributed by atoms with Gasteiger partial charge in [-0.25, -0.2) is 4.98 Å². The van der Waals surface area contributed by atoms with Crippen molar-refractivity contribution in [3.63, 3.8) is 0 Å². The Morgan fingerprint density at radius 2 is 2.07 bits per heavy atom. The quantitative estimate of drug-likeness (QED) is 0.569.